The molecule has 1 aromatic heterocycles. The second kappa shape index (κ2) is 10.2. The monoisotopic (exact) mass is 522 g/mol. The Kier molecular flexibility index (Phi) is 7.24. The molecule has 9 nitrogen and oxygen atoms in total. The van der Waals surface area contributed by atoms with Gasteiger partial charge in [-0.3, -0.25) is 19.7 Å². The number of carbonyl (C=O) groups is 3. The number of aliphatic carboxylic acids is 1. The summed E-state index contributed by atoms with van der Waals surface area (Å²) in [5.74, 6) is -4.08. The molecule has 4 unspecified atom stereocenters. The fourth-order valence-electron chi connectivity index (χ4n) is 5.25. The fraction of sp³-hybridized carbons (Fsp3) is 0.296. The Morgan fingerprint density at radius 2 is 1.76 bits per heavy atom. The molecule has 0 spiro atoms. The van der Waals surface area contributed by atoms with Crippen molar-refractivity contribution >= 4 is 34.7 Å². The number of carboxylic acid groups (broad SMARTS) is 1. The molecule has 2 heterocycles. The summed E-state index contributed by atoms with van der Waals surface area (Å²) in [6, 6.07) is 15.1. The van der Waals surface area contributed by atoms with E-state index >= 15 is 0 Å². The quantitative estimate of drug-likeness (QED) is 0.260. The van der Waals surface area contributed by atoms with Gasteiger partial charge in [-0.15, -0.1) is 11.3 Å². The average Bonchev–Trinajstić information content (AvgIpc) is 3.49. The number of ketones is 1. The molecule has 192 valence electrons. The topological polar surface area (TPSA) is 127 Å². The first-order chi connectivity index (χ1) is 17.6. The number of nitro benzene ring substituents is 1. The number of nitrogens with zero attached hydrogens (tertiary/aromatic N) is 2. The molecule has 0 bridgehead atoms. The van der Waals surface area contributed by atoms with Crippen molar-refractivity contribution in [3.05, 3.63) is 97.7 Å². The maximum absolute atomic E-state index is 14.2. The number of non-ortho nitro benzene ring substituents is 1. The van der Waals surface area contributed by atoms with Crippen LogP contribution in [0.4, 0.5) is 5.69 Å². The Morgan fingerprint density at radius 3 is 2.27 bits per heavy atom. The number of rotatable bonds is 8. The minimum Gasteiger partial charge on any atom is -0.479 e. The molecule has 0 saturated carbocycles. The number of Topliss-reactive ketones (excluding diaryl/α,β-unsaturated/α-hetero) is 1. The highest BCUT2D eigenvalue weighted by molar-refractivity contribution is 7.10. The van der Waals surface area contributed by atoms with Gasteiger partial charge in [-0.1, -0.05) is 35.9 Å². The lowest BCUT2D eigenvalue weighted by Crippen LogP contribution is -2.55. The van der Waals surface area contributed by atoms with Crippen LogP contribution >= 0.6 is 11.3 Å². The number of hydrogen-bond acceptors (Lipinski definition) is 7. The van der Waals surface area contributed by atoms with Gasteiger partial charge < -0.3 is 14.7 Å². The number of nitro groups is 1. The van der Waals surface area contributed by atoms with Gasteiger partial charge in [-0.2, -0.15) is 0 Å². The van der Waals surface area contributed by atoms with Crippen molar-refractivity contribution in [3.63, 3.8) is 0 Å². The van der Waals surface area contributed by atoms with Crippen LogP contribution in [0.3, 0.4) is 0 Å². The summed E-state index contributed by atoms with van der Waals surface area (Å²) < 4.78 is 5.10. The minimum absolute atomic E-state index is 0.167. The predicted molar refractivity (Wildman–Crippen MR) is 137 cm³/mol. The highest BCUT2D eigenvalue weighted by Crippen LogP contribution is 2.57. The Morgan fingerprint density at radius 1 is 1.11 bits per heavy atom. The molecule has 1 aliphatic rings. The van der Waals surface area contributed by atoms with Crippen molar-refractivity contribution < 1.29 is 29.2 Å². The number of carboxylic acids is 1. The van der Waals surface area contributed by atoms with E-state index in [1.54, 1.807) is 29.6 Å². The molecule has 4 atom stereocenters. The Hall–Kier alpha value is -3.89. The summed E-state index contributed by atoms with van der Waals surface area (Å²) in [5.41, 5.74) is -0.174. The molecule has 1 aliphatic heterocycles. The Bertz CT molecular complexity index is 1320. The Balaban J connectivity index is 1.98. The van der Waals surface area contributed by atoms with Crippen LogP contribution < -0.4 is 0 Å². The predicted octanol–water partition coefficient (Wildman–Crippen LogP) is 4.62. The average molecular weight is 523 g/mol. The van der Waals surface area contributed by atoms with Gasteiger partial charge in [0.15, 0.2) is 5.78 Å². The number of benzene rings is 2. The van der Waals surface area contributed by atoms with Crippen LogP contribution in [-0.4, -0.2) is 51.8 Å². The minimum atomic E-state index is -1.78. The van der Waals surface area contributed by atoms with E-state index in [1.807, 2.05) is 19.1 Å². The highest BCUT2D eigenvalue weighted by atomic mass is 32.1. The van der Waals surface area contributed by atoms with Crippen molar-refractivity contribution in [1.29, 1.82) is 0 Å². The van der Waals surface area contributed by atoms with Gasteiger partial charge >= 0.3 is 5.97 Å². The number of hydrogen-bond donors (Lipinski definition) is 1. The summed E-state index contributed by atoms with van der Waals surface area (Å²) in [5, 5.41) is 23.5. The van der Waals surface area contributed by atoms with E-state index in [1.165, 1.54) is 54.5 Å². The molecule has 1 amide bonds. The van der Waals surface area contributed by atoms with Crippen LogP contribution in [-0.2, 0) is 14.3 Å². The summed E-state index contributed by atoms with van der Waals surface area (Å²) in [6.45, 7) is 3.01. The maximum atomic E-state index is 14.2. The summed E-state index contributed by atoms with van der Waals surface area (Å²) in [7, 11) is 1.35. The lowest BCUT2D eigenvalue weighted by molar-refractivity contribution is -0.384. The van der Waals surface area contributed by atoms with E-state index < -0.39 is 46.0 Å². The van der Waals surface area contributed by atoms with E-state index in [9.17, 15) is 29.6 Å². The van der Waals surface area contributed by atoms with Gasteiger partial charge in [-0.25, -0.2) is 4.79 Å². The van der Waals surface area contributed by atoms with Crippen molar-refractivity contribution in [3.8, 4) is 0 Å². The van der Waals surface area contributed by atoms with Gasteiger partial charge in [0.05, 0.1) is 16.9 Å². The van der Waals surface area contributed by atoms with Gasteiger partial charge in [0.25, 0.3) is 5.69 Å². The third-order valence-corrected chi connectivity index (χ3v) is 7.94. The third kappa shape index (κ3) is 4.54. The second-order valence-electron chi connectivity index (χ2n) is 9.19. The number of likely N-dealkylation sites (tertiary alicyclic amines) is 1. The fourth-order valence-corrected chi connectivity index (χ4v) is 6.25. The van der Waals surface area contributed by atoms with E-state index in [2.05, 4.69) is 0 Å². The number of methoxy groups -OCH3 is 1. The molecule has 10 heteroatoms. The van der Waals surface area contributed by atoms with Gasteiger partial charge in [0.2, 0.25) is 5.91 Å². The summed E-state index contributed by atoms with van der Waals surface area (Å²) >= 11 is 1.32. The number of thiophene rings is 1. The van der Waals surface area contributed by atoms with Crippen molar-refractivity contribution in [2.24, 2.45) is 5.92 Å². The Labute approximate surface area is 217 Å². The smallest absolute Gasteiger partial charge is 0.330 e. The zero-order valence-corrected chi connectivity index (χ0v) is 21.3. The van der Waals surface area contributed by atoms with Crippen molar-refractivity contribution in [2.45, 2.75) is 31.3 Å². The lowest BCUT2D eigenvalue weighted by atomic mass is 9.74. The number of carbonyl (C=O) groups excluding carboxylic acids is 2. The first-order valence-corrected chi connectivity index (χ1v) is 12.4. The highest BCUT2D eigenvalue weighted by Gasteiger charge is 2.65. The molecule has 37 heavy (non-hydrogen) atoms. The van der Waals surface area contributed by atoms with Crippen LogP contribution in [0.15, 0.2) is 66.0 Å². The number of ether oxygens (including phenoxy) is 1. The lowest BCUT2D eigenvalue weighted by Gasteiger charge is -2.37. The van der Waals surface area contributed by atoms with Crippen molar-refractivity contribution in [1.82, 2.24) is 4.90 Å². The SMILES string of the molecule is COCC(=O)N1C(c2ccc(C)cc2)C(C(=O)c2ccc([N+](=O)[O-])cc2)C(c2cccs2)C1(C)C(=O)O. The van der Waals surface area contributed by atoms with E-state index in [-0.39, 0.29) is 17.9 Å². The summed E-state index contributed by atoms with van der Waals surface area (Å²) in [4.78, 5) is 53.2. The molecule has 0 aliphatic carbocycles. The van der Waals surface area contributed by atoms with E-state index in [0.29, 0.717) is 10.4 Å². The normalized spacial score (nSPS) is 23.1. The number of amides is 1. The molecular weight excluding hydrogens is 496 g/mol. The molecule has 1 saturated heterocycles. The van der Waals surface area contributed by atoms with Crippen LogP contribution in [0.5, 0.6) is 0 Å². The van der Waals surface area contributed by atoms with Crippen LogP contribution in [0.25, 0.3) is 0 Å². The van der Waals surface area contributed by atoms with Crippen LogP contribution in [0.2, 0.25) is 0 Å². The number of aryl methyl sites for hydroxylation is 1. The second-order valence-corrected chi connectivity index (χ2v) is 10.2. The molecule has 1 N–H and O–H groups in total. The zero-order chi connectivity index (χ0) is 26.9. The van der Waals surface area contributed by atoms with E-state index in [0.717, 1.165) is 5.56 Å². The standard InChI is InChI=1S/C27H26N2O7S/c1-16-6-8-17(9-7-16)24-22(25(31)18-10-12-19(13-11-18)29(34)35)23(20-5-4-14-37-20)27(2,26(32)33)28(24)21(30)15-36-3/h4-14,22-24H,15H2,1-3H3,(H,32,33). The van der Waals surface area contributed by atoms with Crippen molar-refractivity contribution in [2.75, 3.05) is 13.7 Å². The molecule has 4 rings (SSSR count). The summed E-state index contributed by atoms with van der Waals surface area (Å²) in [6.07, 6.45) is 0. The van der Waals surface area contributed by atoms with Gasteiger partial charge in [0, 0.05) is 35.6 Å². The molecule has 3 aromatic rings. The largest absolute Gasteiger partial charge is 0.479 e. The molecule has 1 fully saturated rings. The molecule has 2 aromatic carbocycles. The maximum Gasteiger partial charge on any atom is 0.330 e. The first-order valence-electron chi connectivity index (χ1n) is 11.5. The van der Waals surface area contributed by atoms with Crippen LogP contribution in [0, 0.1) is 23.0 Å². The van der Waals surface area contributed by atoms with Crippen LogP contribution in [0.1, 0.15) is 45.2 Å². The zero-order valence-electron chi connectivity index (χ0n) is 20.5. The first kappa shape index (κ1) is 26.2. The van der Waals surface area contributed by atoms with E-state index in [4.69, 9.17) is 4.74 Å². The molecule has 0 radical (unpaired) electrons. The molecular formula is C27H26N2O7S. The van der Waals surface area contributed by atoms with Gasteiger partial charge in [-0.05, 0) is 43.0 Å². The third-order valence-electron chi connectivity index (χ3n) is 6.99. The van der Waals surface area contributed by atoms with Gasteiger partial charge in [0.1, 0.15) is 12.1 Å².